The first-order valence-electron chi connectivity index (χ1n) is 5.18. The molecule has 0 aliphatic rings. The third-order valence-electron chi connectivity index (χ3n) is 1.88. The molecule has 0 radical (unpaired) electrons. The highest BCUT2D eigenvalue weighted by Crippen LogP contribution is 2.15. The van der Waals surface area contributed by atoms with Crippen molar-refractivity contribution in [1.82, 2.24) is 5.32 Å². The van der Waals surface area contributed by atoms with E-state index in [1.165, 1.54) is 0 Å². The fourth-order valence-electron chi connectivity index (χ4n) is 1.10. The quantitative estimate of drug-likeness (QED) is 0.581. The number of nitrogens with one attached hydrogen (secondary N) is 1. The molecule has 1 aromatic carbocycles. The Labute approximate surface area is 102 Å². The molecule has 0 amide bonds. The van der Waals surface area contributed by atoms with Gasteiger partial charge in [-0.1, -0.05) is 29.8 Å². The lowest BCUT2D eigenvalue weighted by molar-refractivity contribution is 0.362. The Balaban J connectivity index is 2.15. The first-order valence-corrected chi connectivity index (χ1v) is 5.55. The Morgan fingerprint density at radius 2 is 1.94 bits per heavy atom. The van der Waals surface area contributed by atoms with E-state index in [-0.39, 0.29) is 0 Å². The Hall–Kier alpha value is -1.25. The molecule has 0 heterocycles. The number of hydrogen-bond acceptors (Lipinski definition) is 2. The second-order valence-corrected chi connectivity index (χ2v) is 3.62. The molecule has 16 heavy (non-hydrogen) atoms. The minimum Gasteiger partial charge on any atom is -0.490 e. The summed E-state index contributed by atoms with van der Waals surface area (Å²) in [6.07, 6.45) is 5.84. The molecule has 86 valence electrons. The van der Waals surface area contributed by atoms with Gasteiger partial charge in [0.05, 0.1) is 0 Å². The molecule has 0 aromatic heterocycles. The first-order chi connectivity index (χ1) is 7.83. The Kier molecular flexibility index (Phi) is 6.38. The van der Waals surface area contributed by atoms with Crippen molar-refractivity contribution in [2.24, 2.45) is 0 Å². The molecule has 0 atom stereocenters. The SMILES string of the molecule is C=CCNCC=CCOc1ccc(Cl)cc1. The van der Waals surface area contributed by atoms with Gasteiger partial charge in [0.2, 0.25) is 0 Å². The van der Waals surface area contributed by atoms with Crippen molar-refractivity contribution in [2.45, 2.75) is 0 Å². The second-order valence-electron chi connectivity index (χ2n) is 3.18. The first kappa shape index (κ1) is 12.8. The van der Waals surface area contributed by atoms with Gasteiger partial charge in [0, 0.05) is 18.1 Å². The maximum absolute atomic E-state index is 5.76. The summed E-state index contributed by atoms with van der Waals surface area (Å²) in [7, 11) is 0. The average molecular weight is 238 g/mol. The number of hydrogen-bond donors (Lipinski definition) is 1. The Bertz CT molecular complexity index is 332. The van der Waals surface area contributed by atoms with Crippen LogP contribution in [0.3, 0.4) is 0 Å². The van der Waals surface area contributed by atoms with Crippen LogP contribution in [-0.4, -0.2) is 19.7 Å². The maximum atomic E-state index is 5.76. The van der Waals surface area contributed by atoms with Crippen molar-refractivity contribution in [3.8, 4) is 5.75 Å². The van der Waals surface area contributed by atoms with Crippen molar-refractivity contribution in [3.05, 3.63) is 54.1 Å². The maximum Gasteiger partial charge on any atom is 0.119 e. The summed E-state index contributed by atoms with van der Waals surface area (Å²) >= 11 is 5.76. The van der Waals surface area contributed by atoms with Crippen LogP contribution in [0, 0.1) is 0 Å². The van der Waals surface area contributed by atoms with E-state index in [1.807, 2.05) is 42.5 Å². The van der Waals surface area contributed by atoms with E-state index in [2.05, 4.69) is 11.9 Å². The highest BCUT2D eigenvalue weighted by atomic mass is 35.5. The van der Waals surface area contributed by atoms with Crippen molar-refractivity contribution in [2.75, 3.05) is 19.7 Å². The van der Waals surface area contributed by atoms with Crippen LogP contribution in [0.5, 0.6) is 5.75 Å². The van der Waals surface area contributed by atoms with Gasteiger partial charge in [-0.2, -0.15) is 0 Å². The number of ether oxygens (including phenoxy) is 1. The van der Waals surface area contributed by atoms with Crippen molar-refractivity contribution < 1.29 is 4.74 Å². The third kappa shape index (κ3) is 5.59. The molecular weight excluding hydrogens is 222 g/mol. The van der Waals surface area contributed by atoms with E-state index in [9.17, 15) is 0 Å². The summed E-state index contributed by atoms with van der Waals surface area (Å²) in [6.45, 7) is 5.84. The number of benzene rings is 1. The van der Waals surface area contributed by atoms with Gasteiger partial charge in [0.1, 0.15) is 12.4 Å². The van der Waals surface area contributed by atoms with E-state index in [0.29, 0.717) is 6.61 Å². The summed E-state index contributed by atoms with van der Waals surface area (Å²) < 4.78 is 5.47. The molecule has 0 saturated heterocycles. The van der Waals surface area contributed by atoms with Gasteiger partial charge in [-0.25, -0.2) is 0 Å². The normalized spacial score (nSPS) is 10.6. The zero-order chi connectivity index (χ0) is 11.6. The van der Waals surface area contributed by atoms with Gasteiger partial charge < -0.3 is 10.1 Å². The van der Waals surface area contributed by atoms with Gasteiger partial charge in [-0.3, -0.25) is 0 Å². The van der Waals surface area contributed by atoms with Crippen molar-refractivity contribution in [1.29, 1.82) is 0 Å². The van der Waals surface area contributed by atoms with E-state index >= 15 is 0 Å². The molecular formula is C13H16ClNO. The van der Waals surface area contributed by atoms with E-state index < -0.39 is 0 Å². The van der Waals surface area contributed by atoms with Crippen LogP contribution >= 0.6 is 11.6 Å². The minimum atomic E-state index is 0.567. The third-order valence-corrected chi connectivity index (χ3v) is 2.13. The molecule has 0 aliphatic carbocycles. The van der Waals surface area contributed by atoms with E-state index in [1.54, 1.807) is 0 Å². The van der Waals surface area contributed by atoms with Crippen LogP contribution in [0.4, 0.5) is 0 Å². The van der Waals surface area contributed by atoms with Gasteiger partial charge in [0.15, 0.2) is 0 Å². The summed E-state index contributed by atoms with van der Waals surface area (Å²) in [5.41, 5.74) is 0. The zero-order valence-corrected chi connectivity index (χ0v) is 9.91. The van der Waals surface area contributed by atoms with Crippen LogP contribution in [0.2, 0.25) is 5.02 Å². The molecule has 0 bridgehead atoms. The molecule has 0 fully saturated rings. The van der Waals surface area contributed by atoms with Crippen molar-refractivity contribution in [3.63, 3.8) is 0 Å². The Morgan fingerprint density at radius 1 is 1.19 bits per heavy atom. The molecule has 0 unspecified atom stereocenters. The smallest absolute Gasteiger partial charge is 0.119 e. The topological polar surface area (TPSA) is 21.3 Å². The van der Waals surface area contributed by atoms with Gasteiger partial charge in [0.25, 0.3) is 0 Å². The molecule has 1 N–H and O–H groups in total. The van der Waals surface area contributed by atoms with E-state index in [4.69, 9.17) is 16.3 Å². The summed E-state index contributed by atoms with van der Waals surface area (Å²) in [5.74, 6) is 0.827. The van der Waals surface area contributed by atoms with Gasteiger partial charge >= 0.3 is 0 Å². The molecule has 1 rings (SSSR count). The molecule has 3 heteroatoms. The molecule has 0 saturated carbocycles. The van der Waals surface area contributed by atoms with Crippen LogP contribution in [0.15, 0.2) is 49.1 Å². The highest BCUT2D eigenvalue weighted by Gasteiger charge is 1.90. The molecule has 0 aliphatic heterocycles. The van der Waals surface area contributed by atoms with E-state index in [0.717, 1.165) is 23.9 Å². The highest BCUT2D eigenvalue weighted by molar-refractivity contribution is 6.30. The predicted molar refractivity (Wildman–Crippen MR) is 69.2 cm³/mol. The molecule has 0 spiro atoms. The largest absolute Gasteiger partial charge is 0.490 e. The predicted octanol–water partition coefficient (Wildman–Crippen LogP) is 3.05. The fourth-order valence-corrected chi connectivity index (χ4v) is 1.22. The summed E-state index contributed by atoms with van der Waals surface area (Å²) in [5, 5.41) is 3.88. The molecule has 2 nitrogen and oxygen atoms in total. The monoisotopic (exact) mass is 237 g/mol. The second kappa shape index (κ2) is 7.97. The van der Waals surface area contributed by atoms with Crippen LogP contribution in [0.25, 0.3) is 0 Å². The zero-order valence-electron chi connectivity index (χ0n) is 9.16. The lowest BCUT2D eigenvalue weighted by Crippen LogP contribution is -2.12. The Morgan fingerprint density at radius 3 is 2.62 bits per heavy atom. The lowest BCUT2D eigenvalue weighted by atomic mass is 10.3. The lowest BCUT2D eigenvalue weighted by Gasteiger charge is -2.02. The number of rotatable bonds is 7. The number of halogens is 1. The van der Waals surface area contributed by atoms with Crippen LogP contribution < -0.4 is 10.1 Å². The van der Waals surface area contributed by atoms with Crippen LogP contribution in [-0.2, 0) is 0 Å². The van der Waals surface area contributed by atoms with Crippen molar-refractivity contribution >= 4 is 11.6 Å². The standard InChI is InChI=1S/C13H16ClNO/c1-2-9-15-10-3-4-11-16-13-7-5-12(14)6-8-13/h2-8,15H,1,9-11H2. The minimum absolute atomic E-state index is 0.567. The fraction of sp³-hybridized carbons (Fsp3) is 0.231. The molecule has 1 aromatic rings. The summed E-state index contributed by atoms with van der Waals surface area (Å²) in [4.78, 5) is 0. The van der Waals surface area contributed by atoms with Gasteiger partial charge in [-0.05, 0) is 24.3 Å². The van der Waals surface area contributed by atoms with Gasteiger partial charge in [-0.15, -0.1) is 6.58 Å². The summed E-state index contributed by atoms with van der Waals surface area (Å²) in [6, 6.07) is 7.33. The van der Waals surface area contributed by atoms with Crippen LogP contribution in [0.1, 0.15) is 0 Å². The average Bonchev–Trinajstić information content (AvgIpc) is 2.30.